The van der Waals surface area contributed by atoms with E-state index in [1.807, 2.05) is 15.9 Å². The number of carbonyl (C=O) groups is 1. The first kappa shape index (κ1) is 22.8. The number of anilines is 2. The number of amides is 1. The third kappa shape index (κ3) is 5.35. The Hall–Kier alpha value is -2.33. The van der Waals surface area contributed by atoms with Crippen molar-refractivity contribution in [3.05, 3.63) is 30.1 Å². The summed E-state index contributed by atoms with van der Waals surface area (Å²) in [6.07, 6.45) is 0. The Labute approximate surface area is 192 Å². The number of hydrogen-bond donors (Lipinski definition) is 0. The lowest BCUT2D eigenvalue weighted by atomic mass is 10.2. The monoisotopic (exact) mass is 462 g/mol. The highest BCUT2D eigenvalue weighted by atomic mass is 32.2. The summed E-state index contributed by atoms with van der Waals surface area (Å²) in [5.74, 6) is 1.47. The molecule has 3 heterocycles. The molecule has 0 spiro atoms. The van der Waals surface area contributed by atoms with Gasteiger partial charge in [-0.3, -0.25) is 9.36 Å². The van der Waals surface area contributed by atoms with Crippen LogP contribution in [0, 0.1) is 11.7 Å². The molecule has 0 aliphatic carbocycles. The van der Waals surface area contributed by atoms with Gasteiger partial charge in [-0.05, 0) is 18.1 Å². The lowest BCUT2D eigenvalue weighted by molar-refractivity contribution is -0.128. The summed E-state index contributed by atoms with van der Waals surface area (Å²) >= 11 is 1.44. The van der Waals surface area contributed by atoms with Gasteiger partial charge in [-0.2, -0.15) is 0 Å². The van der Waals surface area contributed by atoms with Crippen molar-refractivity contribution in [1.29, 1.82) is 0 Å². The first-order valence-electron chi connectivity index (χ1n) is 11.2. The summed E-state index contributed by atoms with van der Waals surface area (Å²) in [6.45, 7) is 10.5. The average molecular weight is 463 g/mol. The number of carbonyl (C=O) groups excluding carboxylic acids is 1. The maximum atomic E-state index is 14.1. The van der Waals surface area contributed by atoms with Crippen molar-refractivity contribution in [3.63, 3.8) is 0 Å². The van der Waals surface area contributed by atoms with Gasteiger partial charge in [-0.1, -0.05) is 37.7 Å². The van der Waals surface area contributed by atoms with Crippen LogP contribution in [0.25, 0.3) is 0 Å². The second-order valence-electron chi connectivity index (χ2n) is 8.49. The molecule has 0 atom stereocenters. The highest BCUT2D eigenvalue weighted by Crippen LogP contribution is 2.25. The van der Waals surface area contributed by atoms with E-state index in [1.54, 1.807) is 12.1 Å². The number of nitrogens with zero attached hydrogens (tertiary/aromatic N) is 6. The average Bonchev–Trinajstić information content (AvgIpc) is 3.20. The number of halogens is 1. The van der Waals surface area contributed by atoms with Crippen LogP contribution < -0.4 is 9.80 Å². The van der Waals surface area contributed by atoms with Crippen molar-refractivity contribution < 1.29 is 13.9 Å². The van der Waals surface area contributed by atoms with E-state index in [-0.39, 0.29) is 11.7 Å². The Balaban J connectivity index is 1.35. The van der Waals surface area contributed by atoms with E-state index in [9.17, 15) is 9.18 Å². The lowest BCUT2D eigenvalue weighted by Gasteiger charge is -2.36. The van der Waals surface area contributed by atoms with Gasteiger partial charge in [-0.15, -0.1) is 10.2 Å². The van der Waals surface area contributed by atoms with Crippen LogP contribution in [0.4, 0.5) is 16.0 Å². The molecule has 2 fully saturated rings. The Morgan fingerprint density at radius 3 is 2.47 bits per heavy atom. The topological polar surface area (TPSA) is 66.7 Å². The molecule has 0 bridgehead atoms. The molecule has 2 saturated heterocycles. The van der Waals surface area contributed by atoms with E-state index in [4.69, 9.17) is 4.74 Å². The largest absolute Gasteiger partial charge is 0.378 e. The fourth-order valence-corrected chi connectivity index (χ4v) is 4.88. The van der Waals surface area contributed by atoms with Gasteiger partial charge in [0.15, 0.2) is 5.16 Å². The molecule has 2 aromatic rings. The van der Waals surface area contributed by atoms with Crippen LogP contribution in [0.15, 0.2) is 29.4 Å². The molecule has 174 valence electrons. The highest BCUT2D eigenvalue weighted by Gasteiger charge is 2.25. The zero-order valence-electron chi connectivity index (χ0n) is 18.7. The molecular formula is C22H31FN6O2S. The van der Waals surface area contributed by atoms with Crippen LogP contribution in [-0.2, 0) is 16.1 Å². The Morgan fingerprint density at radius 1 is 1.06 bits per heavy atom. The van der Waals surface area contributed by atoms with Crippen LogP contribution in [0.1, 0.15) is 13.8 Å². The quantitative estimate of drug-likeness (QED) is 0.585. The van der Waals surface area contributed by atoms with Crippen molar-refractivity contribution >= 4 is 29.3 Å². The fraction of sp³-hybridized carbons (Fsp3) is 0.591. The van der Waals surface area contributed by atoms with Gasteiger partial charge in [0.2, 0.25) is 11.9 Å². The Kier molecular flexibility index (Phi) is 7.51. The van der Waals surface area contributed by atoms with Gasteiger partial charge >= 0.3 is 0 Å². The van der Waals surface area contributed by atoms with Crippen LogP contribution in [-0.4, -0.2) is 83.8 Å². The second kappa shape index (κ2) is 10.5. The van der Waals surface area contributed by atoms with Crippen LogP contribution in [0.2, 0.25) is 0 Å². The third-order valence-corrected chi connectivity index (χ3v) is 6.64. The standard InChI is InChI=1S/C22H31FN6O2S/c1-17(2)15-29-21(28-11-13-31-14-12-28)24-25-22(29)32-16-20(30)27-9-7-26(8-10-27)19-6-4-3-5-18(19)23/h3-6,17H,7-16H2,1-2H3. The fourth-order valence-electron chi connectivity index (χ4n) is 4.03. The first-order chi connectivity index (χ1) is 15.5. The van der Waals surface area contributed by atoms with E-state index >= 15 is 0 Å². The van der Waals surface area contributed by atoms with Gasteiger partial charge in [0.25, 0.3) is 0 Å². The van der Waals surface area contributed by atoms with Gasteiger partial charge in [0.05, 0.1) is 24.7 Å². The first-order valence-corrected chi connectivity index (χ1v) is 12.2. The molecule has 2 aliphatic rings. The predicted octanol–water partition coefficient (Wildman–Crippen LogP) is 2.35. The van der Waals surface area contributed by atoms with Crippen molar-refractivity contribution in [3.8, 4) is 0 Å². The molecule has 0 radical (unpaired) electrons. The number of morpholine rings is 1. The Morgan fingerprint density at radius 2 is 1.78 bits per heavy atom. The predicted molar refractivity (Wildman–Crippen MR) is 124 cm³/mol. The molecule has 1 amide bonds. The summed E-state index contributed by atoms with van der Waals surface area (Å²) in [5, 5.41) is 9.60. The van der Waals surface area contributed by atoms with E-state index in [0.717, 1.165) is 30.7 Å². The van der Waals surface area contributed by atoms with E-state index in [2.05, 4.69) is 33.5 Å². The maximum Gasteiger partial charge on any atom is 0.233 e. The number of aromatic nitrogens is 3. The van der Waals surface area contributed by atoms with Crippen molar-refractivity contribution in [2.24, 2.45) is 5.92 Å². The summed E-state index contributed by atoms with van der Waals surface area (Å²) in [6, 6.07) is 6.79. The lowest BCUT2D eigenvalue weighted by Crippen LogP contribution is -2.49. The highest BCUT2D eigenvalue weighted by molar-refractivity contribution is 7.99. The molecule has 4 rings (SSSR count). The van der Waals surface area contributed by atoms with Gasteiger partial charge in [0, 0.05) is 45.8 Å². The third-order valence-electron chi connectivity index (χ3n) is 5.69. The van der Waals surface area contributed by atoms with Crippen molar-refractivity contribution in [1.82, 2.24) is 19.7 Å². The normalized spacial score (nSPS) is 17.3. The van der Waals surface area contributed by atoms with Crippen LogP contribution in [0.3, 0.4) is 0 Å². The van der Waals surface area contributed by atoms with Crippen molar-refractivity contribution in [2.75, 3.05) is 68.0 Å². The van der Waals surface area contributed by atoms with Crippen LogP contribution in [0.5, 0.6) is 0 Å². The van der Waals surface area contributed by atoms with E-state index in [1.165, 1.54) is 17.8 Å². The summed E-state index contributed by atoms with van der Waals surface area (Å²) < 4.78 is 21.6. The molecule has 1 aromatic heterocycles. The number of benzene rings is 1. The van der Waals surface area contributed by atoms with Gasteiger partial charge < -0.3 is 19.4 Å². The SMILES string of the molecule is CC(C)Cn1c(SCC(=O)N2CCN(c3ccccc3F)CC2)nnc1N1CCOCC1. The minimum absolute atomic E-state index is 0.0789. The molecule has 8 nitrogen and oxygen atoms in total. The zero-order valence-corrected chi connectivity index (χ0v) is 19.6. The number of ether oxygens (including phenoxy) is 1. The minimum Gasteiger partial charge on any atom is -0.378 e. The smallest absolute Gasteiger partial charge is 0.233 e. The molecule has 1 aromatic carbocycles. The number of rotatable bonds is 7. The number of para-hydroxylation sites is 1. The minimum atomic E-state index is -0.219. The molecule has 2 aliphatic heterocycles. The summed E-state index contributed by atoms with van der Waals surface area (Å²) in [7, 11) is 0. The summed E-state index contributed by atoms with van der Waals surface area (Å²) in [5.41, 5.74) is 0.603. The zero-order chi connectivity index (χ0) is 22.5. The molecule has 0 N–H and O–H groups in total. The molecule has 32 heavy (non-hydrogen) atoms. The molecule has 10 heteroatoms. The number of piperazine rings is 1. The maximum absolute atomic E-state index is 14.1. The van der Waals surface area contributed by atoms with Crippen molar-refractivity contribution in [2.45, 2.75) is 25.5 Å². The molecule has 0 unspecified atom stereocenters. The van der Waals surface area contributed by atoms with E-state index < -0.39 is 0 Å². The molecule has 0 saturated carbocycles. The Bertz CT molecular complexity index is 910. The number of hydrogen-bond acceptors (Lipinski definition) is 7. The summed E-state index contributed by atoms with van der Waals surface area (Å²) in [4.78, 5) is 18.9. The second-order valence-corrected chi connectivity index (χ2v) is 9.44. The van der Waals surface area contributed by atoms with Crippen LogP contribution >= 0.6 is 11.8 Å². The van der Waals surface area contributed by atoms with Gasteiger partial charge in [0.1, 0.15) is 5.82 Å². The van der Waals surface area contributed by atoms with E-state index in [0.29, 0.717) is 56.8 Å². The number of thioether (sulfide) groups is 1. The van der Waals surface area contributed by atoms with Gasteiger partial charge in [-0.25, -0.2) is 4.39 Å². The molecular weight excluding hydrogens is 431 g/mol.